The summed E-state index contributed by atoms with van der Waals surface area (Å²) in [5.74, 6) is 0.901. The first-order valence-electron chi connectivity index (χ1n) is 6.15. The molecule has 1 aliphatic carbocycles. The summed E-state index contributed by atoms with van der Waals surface area (Å²) in [6, 6.07) is 5.08. The van der Waals surface area contributed by atoms with Crippen LogP contribution in [0.25, 0.3) is 0 Å². The highest BCUT2D eigenvalue weighted by atomic mass is 79.9. The molecule has 0 bridgehead atoms. The predicted octanol–water partition coefficient (Wildman–Crippen LogP) is 4.67. The zero-order chi connectivity index (χ0) is 11.7. The van der Waals surface area contributed by atoms with E-state index in [1.165, 1.54) is 40.5 Å². The lowest BCUT2D eigenvalue weighted by Gasteiger charge is -2.21. The quantitative estimate of drug-likeness (QED) is 0.846. The van der Waals surface area contributed by atoms with Gasteiger partial charge in [-0.15, -0.1) is 0 Å². The molecule has 0 aliphatic heterocycles. The molecular weight excluding hydrogens is 262 g/mol. The van der Waals surface area contributed by atoms with Gasteiger partial charge in [0, 0.05) is 10.5 Å². The van der Waals surface area contributed by atoms with Gasteiger partial charge in [-0.2, -0.15) is 0 Å². The van der Waals surface area contributed by atoms with Crippen LogP contribution in [-0.4, -0.2) is 6.04 Å². The summed E-state index contributed by atoms with van der Waals surface area (Å²) in [6.45, 7) is 6.59. The summed E-state index contributed by atoms with van der Waals surface area (Å²) in [6.07, 6.45) is 4.01. The zero-order valence-corrected chi connectivity index (χ0v) is 11.9. The van der Waals surface area contributed by atoms with Crippen molar-refractivity contribution < 1.29 is 0 Å². The molecule has 0 spiro atoms. The Morgan fingerprint density at radius 1 is 1.38 bits per heavy atom. The number of hydrogen-bond acceptors (Lipinski definition) is 1. The number of hydrogen-bond donors (Lipinski definition) is 1. The SMILES string of the molecule is CCC(Nc1c(C)cc(C)cc1Br)C1CC1. The van der Waals surface area contributed by atoms with E-state index in [0.29, 0.717) is 6.04 Å². The Balaban J connectivity index is 2.19. The lowest BCUT2D eigenvalue weighted by Crippen LogP contribution is -2.21. The summed E-state index contributed by atoms with van der Waals surface area (Å²) < 4.78 is 1.20. The molecule has 2 rings (SSSR count). The van der Waals surface area contributed by atoms with Gasteiger partial charge in [-0.05, 0) is 72.2 Å². The topological polar surface area (TPSA) is 12.0 Å². The van der Waals surface area contributed by atoms with E-state index in [1.54, 1.807) is 0 Å². The van der Waals surface area contributed by atoms with Crippen molar-refractivity contribution in [1.82, 2.24) is 0 Å². The molecular formula is C14H20BrN. The van der Waals surface area contributed by atoms with Crippen molar-refractivity contribution in [2.75, 3.05) is 5.32 Å². The number of halogens is 1. The smallest absolute Gasteiger partial charge is 0.0516 e. The van der Waals surface area contributed by atoms with Crippen molar-refractivity contribution in [3.05, 3.63) is 27.7 Å². The maximum atomic E-state index is 3.71. The third-order valence-electron chi connectivity index (χ3n) is 3.39. The highest BCUT2D eigenvalue weighted by molar-refractivity contribution is 9.10. The van der Waals surface area contributed by atoms with E-state index in [-0.39, 0.29) is 0 Å². The molecule has 1 fully saturated rings. The third kappa shape index (κ3) is 2.60. The highest BCUT2D eigenvalue weighted by Gasteiger charge is 2.30. The van der Waals surface area contributed by atoms with Crippen LogP contribution in [0, 0.1) is 19.8 Å². The van der Waals surface area contributed by atoms with Crippen molar-refractivity contribution in [3.8, 4) is 0 Å². The Morgan fingerprint density at radius 3 is 2.56 bits per heavy atom. The number of anilines is 1. The van der Waals surface area contributed by atoms with E-state index in [2.05, 4.69) is 54.2 Å². The van der Waals surface area contributed by atoms with Gasteiger partial charge in [-0.1, -0.05) is 13.0 Å². The molecule has 1 atom stereocenters. The Kier molecular flexibility index (Phi) is 3.58. The minimum Gasteiger partial charge on any atom is -0.381 e. The maximum absolute atomic E-state index is 3.71. The lowest BCUT2D eigenvalue weighted by atomic mass is 10.1. The molecule has 0 radical (unpaired) electrons. The van der Waals surface area contributed by atoms with Gasteiger partial charge in [-0.25, -0.2) is 0 Å². The second kappa shape index (κ2) is 4.79. The summed E-state index contributed by atoms with van der Waals surface area (Å²) >= 11 is 3.66. The fourth-order valence-electron chi connectivity index (χ4n) is 2.34. The molecule has 1 saturated carbocycles. The number of nitrogens with one attached hydrogen (secondary N) is 1. The molecule has 0 saturated heterocycles. The molecule has 1 nitrogen and oxygen atoms in total. The number of aryl methyl sites for hydroxylation is 2. The van der Waals surface area contributed by atoms with Crippen LogP contribution in [0.1, 0.15) is 37.3 Å². The molecule has 1 aromatic rings. The van der Waals surface area contributed by atoms with E-state index in [9.17, 15) is 0 Å². The molecule has 0 amide bonds. The third-order valence-corrected chi connectivity index (χ3v) is 4.02. The van der Waals surface area contributed by atoms with Crippen molar-refractivity contribution in [2.45, 2.75) is 46.1 Å². The maximum Gasteiger partial charge on any atom is 0.0516 e. The van der Waals surface area contributed by atoms with E-state index in [4.69, 9.17) is 0 Å². The minimum atomic E-state index is 0.651. The Labute approximate surface area is 107 Å². The van der Waals surface area contributed by atoms with Gasteiger partial charge in [-0.3, -0.25) is 0 Å². The molecule has 2 heteroatoms. The molecule has 16 heavy (non-hydrogen) atoms. The largest absolute Gasteiger partial charge is 0.381 e. The van der Waals surface area contributed by atoms with E-state index >= 15 is 0 Å². The van der Waals surface area contributed by atoms with Gasteiger partial charge >= 0.3 is 0 Å². The second-order valence-corrected chi connectivity index (χ2v) is 5.79. The monoisotopic (exact) mass is 281 g/mol. The molecule has 1 aliphatic rings. The Bertz CT molecular complexity index is 359. The van der Waals surface area contributed by atoms with Crippen molar-refractivity contribution >= 4 is 21.6 Å². The molecule has 88 valence electrons. The first-order chi connectivity index (χ1) is 7.61. The fraction of sp³-hybridized carbons (Fsp3) is 0.571. The average molecular weight is 282 g/mol. The fourth-order valence-corrected chi connectivity index (χ4v) is 3.12. The van der Waals surface area contributed by atoms with Gasteiger partial charge in [0.1, 0.15) is 0 Å². The normalized spacial score (nSPS) is 17.2. The van der Waals surface area contributed by atoms with E-state index in [0.717, 1.165) is 5.92 Å². The lowest BCUT2D eigenvalue weighted by molar-refractivity contribution is 0.616. The van der Waals surface area contributed by atoms with Gasteiger partial charge < -0.3 is 5.32 Å². The summed E-state index contributed by atoms with van der Waals surface area (Å²) in [5.41, 5.74) is 3.93. The van der Waals surface area contributed by atoms with Gasteiger partial charge in [0.2, 0.25) is 0 Å². The Morgan fingerprint density at radius 2 is 2.06 bits per heavy atom. The predicted molar refractivity (Wildman–Crippen MR) is 74.0 cm³/mol. The van der Waals surface area contributed by atoms with Crippen LogP contribution in [0.3, 0.4) is 0 Å². The minimum absolute atomic E-state index is 0.651. The van der Waals surface area contributed by atoms with Gasteiger partial charge in [0.15, 0.2) is 0 Å². The van der Waals surface area contributed by atoms with Gasteiger partial charge in [0.25, 0.3) is 0 Å². The van der Waals surface area contributed by atoms with Crippen LogP contribution in [0.5, 0.6) is 0 Å². The van der Waals surface area contributed by atoms with Gasteiger partial charge in [0.05, 0.1) is 5.69 Å². The van der Waals surface area contributed by atoms with Crippen LogP contribution < -0.4 is 5.32 Å². The first-order valence-corrected chi connectivity index (χ1v) is 6.94. The summed E-state index contributed by atoms with van der Waals surface area (Å²) in [7, 11) is 0. The average Bonchev–Trinajstić information content (AvgIpc) is 3.00. The van der Waals surface area contributed by atoms with Crippen LogP contribution in [0.15, 0.2) is 16.6 Å². The van der Waals surface area contributed by atoms with Crippen LogP contribution in [-0.2, 0) is 0 Å². The van der Waals surface area contributed by atoms with Crippen molar-refractivity contribution in [3.63, 3.8) is 0 Å². The standard InChI is InChI=1S/C14H20BrN/c1-4-13(11-5-6-11)16-14-10(3)7-9(2)8-12(14)15/h7-8,11,13,16H,4-6H2,1-3H3. The van der Waals surface area contributed by atoms with Crippen LogP contribution in [0.2, 0.25) is 0 Å². The zero-order valence-electron chi connectivity index (χ0n) is 10.3. The number of rotatable bonds is 4. The van der Waals surface area contributed by atoms with E-state index in [1.807, 2.05) is 0 Å². The molecule has 1 unspecified atom stereocenters. The molecule has 0 aromatic heterocycles. The summed E-state index contributed by atoms with van der Waals surface area (Å²) in [5, 5.41) is 3.71. The summed E-state index contributed by atoms with van der Waals surface area (Å²) in [4.78, 5) is 0. The highest BCUT2D eigenvalue weighted by Crippen LogP contribution is 2.37. The van der Waals surface area contributed by atoms with Crippen molar-refractivity contribution in [2.24, 2.45) is 5.92 Å². The molecule has 1 aromatic carbocycles. The molecule has 1 N–H and O–H groups in total. The van der Waals surface area contributed by atoms with Crippen LogP contribution in [0.4, 0.5) is 5.69 Å². The Hall–Kier alpha value is -0.500. The first kappa shape index (κ1) is 12.0. The van der Waals surface area contributed by atoms with Crippen LogP contribution >= 0.6 is 15.9 Å². The second-order valence-electron chi connectivity index (χ2n) is 4.94. The van der Waals surface area contributed by atoms with E-state index < -0.39 is 0 Å². The van der Waals surface area contributed by atoms with Crippen molar-refractivity contribution in [1.29, 1.82) is 0 Å². The molecule has 0 heterocycles. The number of benzene rings is 1.